The van der Waals surface area contributed by atoms with Gasteiger partial charge in [-0.1, -0.05) is 0 Å². The van der Waals surface area contributed by atoms with Gasteiger partial charge in [0.25, 0.3) is 5.91 Å². The average Bonchev–Trinajstić information content (AvgIpc) is 3.08. The number of carbonyl (C=O) groups excluding carboxylic acids is 1. The molecule has 1 fully saturated rings. The van der Waals surface area contributed by atoms with Crippen LogP contribution in [0.5, 0.6) is 0 Å². The zero-order valence-electron chi connectivity index (χ0n) is 13.0. The Morgan fingerprint density at radius 1 is 1.43 bits per heavy atom. The number of nitrogens with one attached hydrogen (secondary N) is 1. The molecule has 4 rings (SSSR count). The van der Waals surface area contributed by atoms with Gasteiger partial charge in [-0.15, -0.1) is 11.3 Å². The van der Waals surface area contributed by atoms with Gasteiger partial charge in [0, 0.05) is 29.2 Å². The smallest absolute Gasteiger partial charge is 0.258 e. The van der Waals surface area contributed by atoms with Crippen LogP contribution in [0.4, 0.5) is 5.13 Å². The second-order valence-corrected chi connectivity index (χ2v) is 6.98. The molecule has 0 aliphatic heterocycles. The number of fused-ring (bicyclic) bond motifs is 1. The summed E-state index contributed by atoms with van der Waals surface area (Å²) in [7, 11) is 0. The molecule has 1 amide bonds. The van der Waals surface area contributed by atoms with Crippen molar-refractivity contribution in [3.63, 3.8) is 0 Å². The van der Waals surface area contributed by atoms with Crippen LogP contribution in [0.3, 0.4) is 0 Å². The molecule has 3 aromatic heterocycles. The molecule has 1 saturated carbocycles. The Morgan fingerprint density at radius 2 is 2.26 bits per heavy atom. The molecular formula is C16H17N5OS. The van der Waals surface area contributed by atoms with E-state index in [9.17, 15) is 4.79 Å². The highest BCUT2D eigenvalue weighted by atomic mass is 32.1. The average molecular weight is 327 g/mol. The molecule has 0 atom stereocenters. The molecule has 3 aromatic rings. The number of amides is 1. The molecule has 1 N–H and O–H groups in total. The van der Waals surface area contributed by atoms with Crippen LogP contribution >= 0.6 is 11.3 Å². The van der Waals surface area contributed by atoms with Crippen molar-refractivity contribution < 1.29 is 4.79 Å². The molecule has 23 heavy (non-hydrogen) atoms. The number of aromatic nitrogens is 4. The van der Waals surface area contributed by atoms with Gasteiger partial charge < -0.3 is 0 Å². The lowest BCUT2D eigenvalue weighted by molar-refractivity contribution is 0.102. The monoisotopic (exact) mass is 327 g/mol. The van der Waals surface area contributed by atoms with Gasteiger partial charge in [-0.05, 0) is 32.8 Å². The summed E-state index contributed by atoms with van der Waals surface area (Å²) in [6.45, 7) is 4.13. The van der Waals surface area contributed by atoms with E-state index >= 15 is 0 Å². The molecule has 0 saturated heterocycles. The fourth-order valence-electron chi connectivity index (χ4n) is 2.64. The van der Waals surface area contributed by atoms with Gasteiger partial charge in [0.2, 0.25) is 0 Å². The summed E-state index contributed by atoms with van der Waals surface area (Å²) < 4.78 is 1.88. The first-order valence-electron chi connectivity index (χ1n) is 7.72. The first kappa shape index (κ1) is 14.3. The number of thiazole rings is 1. The molecule has 0 spiro atoms. The molecule has 1 aliphatic rings. The van der Waals surface area contributed by atoms with Crippen LogP contribution in [-0.2, 0) is 0 Å². The van der Waals surface area contributed by atoms with Crippen LogP contribution in [0.25, 0.3) is 11.0 Å². The van der Waals surface area contributed by atoms with Crippen molar-refractivity contribution in [1.29, 1.82) is 0 Å². The van der Waals surface area contributed by atoms with E-state index in [2.05, 4.69) is 29.2 Å². The zero-order chi connectivity index (χ0) is 16.0. The van der Waals surface area contributed by atoms with Gasteiger partial charge in [-0.25, -0.2) is 14.6 Å². The van der Waals surface area contributed by atoms with Gasteiger partial charge in [0.05, 0.1) is 17.1 Å². The molecule has 3 heterocycles. The largest absolute Gasteiger partial charge is 0.298 e. The lowest BCUT2D eigenvalue weighted by Gasteiger charge is -2.10. The van der Waals surface area contributed by atoms with E-state index in [1.165, 1.54) is 11.3 Å². The molecule has 0 aromatic carbocycles. The maximum atomic E-state index is 12.7. The Balaban J connectivity index is 1.82. The van der Waals surface area contributed by atoms with Gasteiger partial charge in [0.1, 0.15) is 0 Å². The summed E-state index contributed by atoms with van der Waals surface area (Å²) in [4.78, 5) is 21.6. The summed E-state index contributed by atoms with van der Waals surface area (Å²) in [6.07, 6.45) is 5.69. The van der Waals surface area contributed by atoms with Crippen LogP contribution < -0.4 is 5.32 Å². The number of pyridine rings is 1. The van der Waals surface area contributed by atoms with Crippen molar-refractivity contribution in [3.8, 4) is 0 Å². The molecule has 0 bridgehead atoms. The van der Waals surface area contributed by atoms with Crippen LogP contribution in [0.2, 0.25) is 0 Å². The summed E-state index contributed by atoms with van der Waals surface area (Å²) in [5.41, 5.74) is 2.40. The normalized spacial score (nSPS) is 14.6. The third kappa shape index (κ3) is 2.61. The second-order valence-electron chi connectivity index (χ2n) is 6.08. The first-order valence-corrected chi connectivity index (χ1v) is 8.60. The van der Waals surface area contributed by atoms with E-state index in [4.69, 9.17) is 4.98 Å². The van der Waals surface area contributed by atoms with Crippen molar-refractivity contribution in [3.05, 3.63) is 35.1 Å². The molecule has 118 valence electrons. The van der Waals surface area contributed by atoms with E-state index in [1.54, 1.807) is 12.4 Å². The quantitative estimate of drug-likeness (QED) is 0.794. The lowest BCUT2D eigenvalue weighted by Crippen LogP contribution is -2.13. The van der Waals surface area contributed by atoms with Crippen molar-refractivity contribution in [2.24, 2.45) is 0 Å². The predicted octanol–water partition coefficient (Wildman–Crippen LogP) is 3.60. The first-order chi connectivity index (χ1) is 11.1. The highest BCUT2D eigenvalue weighted by molar-refractivity contribution is 7.13. The summed E-state index contributed by atoms with van der Waals surface area (Å²) >= 11 is 1.40. The summed E-state index contributed by atoms with van der Waals surface area (Å²) in [6, 6.07) is 2.11. The fourth-order valence-corrected chi connectivity index (χ4v) is 3.16. The van der Waals surface area contributed by atoms with Crippen LogP contribution in [0.1, 0.15) is 54.7 Å². The van der Waals surface area contributed by atoms with Crippen LogP contribution in [0, 0.1) is 0 Å². The molecule has 0 unspecified atom stereocenters. The lowest BCUT2D eigenvalue weighted by atomic mass is 10.1. The van der Waals surface area contributed by atoms with Gasteiger partial charge in [-0.3, -0.25) is 10.1 Å². The molecule has 0 radical (unpaired) electrons. The van der Waals surface area contributed by atoms with Gasteiger partial charge in [0.15, 0.2) is 10.8 Å². The van der Waals surface area contributed by atoms with E-state index in [0.717, 1.165) is 29.6 Å². The number of hydrogen-bond acceptors (Lipinski definition) is 5. The Hall–Kier alpha value is -2.28. The van der Waals surface area contributed by atoms with Crippen molar-refractivity contribution >= 4 is 33.4 Å². The third-order valence-corrected chi connectivity index (χ3v) is 4.66. The van der Waals surface area contributed by atoms with E-state index in [-0.39, 0.29) is 11.9 Å². The van der Waals surface area contributed by atoms with Crippen LogP contribution in [0.15, 0.2) is 23.8 Å². The van der Waals surface area contributed by atoms with Crippen molar-refractivity contribution in [2.45, 2.75) is 38.6 Å². The number of nitrogens with zero attached hydrogens (tertiary/aromatic N) is 4. The van der Waals surface area contributed by atoms with Gasteiger partial charge in [-0.2, -0.15) is 5.10 Å². The zero-order valence-corrected chi connectivity index (χ0v) is 13.8. The van der Waals surface area contributed by atoms with Crippen molar-refractivity contribution in [2.75, 3.05) is 5.32 Å². The summed E-state index contributed by atoms with van der Waals surface area (Å²) in [5, 5.41) is 10.5. The second kappa shape index (κ2) is 5.42. The van der Waals surface area contributed by atoms with Crippen LogP contribution in [-0.4, -0.2) is 25.7 Å². The number of hydrogen-bond donors (Lipinski definition) is 1. The van der Waals surface area contributed by atoms with E-state index < -0.39 is 0 Å². The van der Waals surface area contributed by atoms with E-state index in [1.807, 2.05) is 16.1 Å². The minimum Gasteiger partial charge on any atom is -0.298 e. The minimum absolute atomic E-state index is 0.155. The maximum Gasteiger partial charge on any atom is 0.258 e. The van der Waals surface area contributed by atoms with E-state index in [0.29, 0.717) is 16.6 Å². The van der Waals surface area contributed by atoms with Gasteiger partial charge >= 0.3 is 0 Å². The maximum absolute atomic E-state index is 12.7. The number of carbonyl (C=O) groups is 1. The Kier molecular flexibility index (Phi) is 3.37. The summed E-state index contributed by atoms with van der Waals surface area (Å²) in [5.74, 6) is 0.318. The molecule has 7 heteroatoms. The number of rotatable bonds is 4. The highest BCUT2D eigenvalue weighted by Crippen LogP contribution is 2.40. The Bertz CT molecular complexity index is 864. The predicted molar refractivity (Wildman–Crippen MR) is 90.0 cm³/mol. The number of anilines is 1. The molecular weight excluding hydrogens is 310 g/mol. The SMILES string of the molecule is CC(C)n1ncc2c(C(=O)Nc3nccs3)cc(C3CC3)nc21. The Labute approximate surface area is 137 Å². The highest BCUT2D eigenvalue weighted by Gasteiger charge is 2.28. The topological polar surface area (TPSA) is 72.7 Å². The molecule has 6 nitrogen and oxygen atoms in total. The Morgan fingerprint density at radius 3 is 2.91 bits per heavy atom. The minimum atomic E-state index is -0.155. The fraction of sp³-hybridized carbons (Fsp3) is 0.375. The van der Waals surface area contributed by atoms with Crippen molar-refractivity contribution in [1.82, 2.24) is 19.7 Å². The molecule has 1 aliphatic carbocycles. The standard InChI is InChI=1S/C16H17N5OS/c1-9(2)21-14-12(8-18-21)11(7-13(19-14)10-3-4-10)15(22)20-16-17-5-6-23-16/h5-10H,3-4H2,1-2H3,(H,17,20,22). The third-order valence-electron chi connectivity index (χ3n) is 3.97.